The van der Waals surface area contributed by atoms with Crippen LogP contribution in [0.5, 0.6) is 0 Å². The first kappa shape index (κ1) is 11.3. The molecule has 3 rings (SSSR count). The van der Waals surface area contributed by atoms with Gasteiger partial charge in [0.2, 0.25) is 5.89 Å². The maximum Gasteiger partial charge on any atom is 0.209 e. The van der Waals surface area contributed by atoms with Gasteiger partial charge in [0.15, 0.2) is 5.58 Å². The number of nitrogens with zero attached hydrogens (tertiary/aromatic N) is 2. The fourth-order valence-corrected chi connectivity index (χ4v) is 2.23. The molecule has 4 nitrogen and oxygen atoms in total. The van der Waals surface area contributed by atoms with Crippen LogP contribution in [0.25, 0.3) is 11.1 Å². The molecule has 0 spiro atoms. The molecular weight excluding hydrogens is 226 g/mol. The molecule has 2 heterocycles. The van der Waals surface area contributed by atoms with Crippen LogP contribution in [0.2, 0.25) is 0 Å². The van der Waals surface area contributed by atoms with Crippen LogP contribution < -0.4 is 5.73 Å². The predicted molar refractivity (Wildman–Crippen MR) is 72.1 cm³/mol. The van der Waals surface area contributed by atoms with Gasteiger partial charge in [0, 0.05) is 13.1 Å². The van der Waals surface area contributed by atoms with E-state index in [1.807, 2.05) is 18.2 Å². The second kappa shape index (κ2) is 4.46. The minimum Gasteiger partial charge on any atom is -0.439 e. The second-order valence-electron chi connectivity index (χ2n) is 4.84. The molecule has 18 heavy (non-hydrogen) atoms. The molecule has 1 aromatic heterocycles. The number of aromatic nitrogens is 1. The van der Waals surface area contributed by atoms with E-state index in [1.54, 1.807) is 0 Å². The van der Waals surface area contributed by atoms with Crippen LogP contribution in [-0.4, -0.2) is 23.0 Å². The number of rotatable bonds is 2. The van der Waals surface area contributed by atoms with Crippen LogP contribution in [0.4, 0.5) is 5.69 Å². The van der Waals surface area contributed by atoms with E-state index in [0.717, 1.165) is 43.0 Å². The summed E-state index contributed by atoms with van der Waals surface area (Å²) in [6.45, 7) is 4.96. The molecule has 1 aliphatic heterocycles. The lowest BCUT2D eigenvalue weighted by Crippen LogP contribution is -2.27. The third-order valence-electron chi connectivity index (χ3n) is 3.37. The van der Waals surface area contributed by atoms with Gasteiger partial charge in [0.1, 0.15) is 5.52 Å². The first-order valence-corrected chi connectivity index (χ1v) is 6.24. The van der Waals surface area contributed by atoms with E-state index in [-0.39, 0.29) is 0 Å². The summed E-state index contributed by atoms with van der Waals surface area (Å²) in [5.74, 6) is 0.746. The van der Waals surface area contributed by atoms with Crippen molar-refractivity contribution in [1.29, 1.82) is 0 Å². The van der Waals surface area contributed by atoms with Crippen molar-refractivity contribution >= 4 is 16.8 Å². The number of oxazole rings is 1. The van der Waals surface area contributed by atoms with Gasteiger partial charge in [-0.05, 0) is 25.5 Å². The molecule has 0 aliphatic carbocycles. The lowest BCUT2D eigenvalue weighted by Gasteiger charge is -2.23. The van der Waals surface area contributed by atoms with E-state index in [2.05, 4.69) is 22.9 Å². The molecule has 0 saturated carbocycles. The zero-order valence-corrected chi connectivity index (χ0v) is 10.5. The van der Waals surface area contributed by atoms with Crippen molar-refractivity contribution in [2.45, 2.75) is 19.9 Å². The highest BCUT2D eigenvalue weighted by Crippen LogP contribution is 2.22. The number of para-hydroxylation sites is 1. The summed E-state index contributed by atoms with van der Waals surface area (Å²) in [4.78, 5) is 6.80. The van der Waals surface area contributed by atoms with E-state index >= 15 is 0 Å². The Balaban J connectivity index is 1.81. The molecule has 0 amide bonds. The van der Waals surface area contributed by atoms with Crippen molar-refractivity contribution < 1.29 is 4.42 Å². The van der Waals surface area contributed by atoms with E-state index in [1.165, 1.54) is 5.57 Å². The van der Waals surface area contributed by atoms with E-state index in [9.17, 15) is 0 Å². The molecule has 4 heteroatoms. The predicted octanol–water partition coefficient (Wildman–Crippen LogP) is 2.56. The summed E-state index contributed by atoms with van der Waals surface area (Å²) in [7, 11) is 0. The molecule has 1 aromatic carbocycles. The normalized spacial score (nSPS) is 17.1. The van der Waals surface area contributed by atoms with Gasteiger partial charge >= 0.3 is 0 Å². The number of nitrogen functional groups attached to an aromatic ring is 1. The molecule has 2 N–H and O–H groups in total. The Morgan fingerprint density at radius 1 is 1.44 bits per heavy atom. The third-order valence-corrected chi connectivity index (χ3v) is 3.37. The van der Waals surface area contributed by atoms with Crippen molar-refractivity contribution in [3.8, 4) is 0 Å². The lowest BCUT2D eigenvalue weighted by atomic mass is 10.1. The minimum atomic E-state index is 0.678. The van der Waals surface area contributed by atoms with Crippen LogP contribution in [0.3, 0.4) is 0 Å². The monoisotopic (exact) mass is 243 g/mol. The van der Waals surface area contributed by atoms with Crippen molar-refractivity contribution in [2.24, 2.45) is 0 Å². The zero-order valence-electron chi connectivity index (χ0n) is 10.5. The van der Waals surface area contributed by atoms with Crippen LogP contribution >= 0.6 is 0 Å². The lowest BCUT2D eigenvalue weighted by molar-refractivity contribution is 0.259. The summed E-state index contributed by atoms with van der Waals surface area (Å²) in [5, 5.41) is 0. The summed E-state index contributed by atoms with van der Waals surface area (Å²) in [5.41, 5.74) is 9.57. The first-order valence-electron chi connectivity index (χ1n) is 6.24. The van der Waals surface area contributed by atoms with Gasteiger partial charge < -0.3 is 10.2 Å². The van der Waals surface area contributed by atoms with Gasteiger partial charge in [-0.3, -0.25) is 4.90 Å². The summed E-state index contributed by atoms with van der Waals surface area (Å²) >= 11 is 0. The molecule has 0 atom stereocenters. The van der Waals surface area contributed by atoms with Crippen LogP contribution in [0.1, 0.15) is 19.2 Å². The van der Waals surface area contributed by atoms with Gasteiger partial charge in [0.25, 0.3) is 0 Å². The highest BCUT2D eigenvalue weighted by molar-refractivity contribution is 5.85. The number of fused-ring (bicyclic) bond motifs is 1. The minimum absolute atomic E-state index is 0.678. The van der Waals surface area contributed by atoms with E-state index in [0.29, 0.717) is 5.69 Å². The Bertz CT molecular complexity index is 600. The van der Waals surface area contributed by atoms with Crippen molar-refractivity contribution in [1.82, 2.24) is 9.88 Å². The number of hydrogen-bond acceptors (Lipinski definition) is 4. The Morgan fingerprint density at radius 3 is 3.06 bits per heavy atom. The molecule has 0 radical (unpaired) electrons. The molecule has 1 aliphatic rings. The highest BCUT2D eigenvalue weighted by Gasteiger charge is 2.14. The van der Waals surface area contributed by atoms with Crippen LogP contribution in [0, 0.1) is 0 Å². The molecule has 0 saturated heterocycles. The summed E-state index contributed by atoms with van der Waals surface area (Å²) in [6, 6.07) is 5.64. The van der Waals surface area contributed by atoms with Crippen molar-refractivity contribution in [2.75, 3.05) is 18.8 Å². The molecular formula is C14H17N3O. The Labute approximate surface area is 106 Å². The first-order chi connectivity index (χ1) is 8.72. The van der Waals surface area contributed by atoms with E-state index < -0.39 is 0 Å². The van der Waals surface area contributed by atoms with Gasteiger partial charge in [-0.15, -0.1) is 0 Å². The average Bonchev–Trinajstić information content (AvgIpc) is 2.76. The number of hydrogen-bond donors (Lipinski definition) is 1. The molecule has 94 valence electrons. The average molecular weight is 243 g/mol. The smallest absolute Gasteiger partial charge is 0.209 e. The topological polar surface area (TPSA) is 55.3 Å². The Morgan fingerprint density at radius 2 is 2.33 bits per heavy atom. The Kier molecular flexibility index (Phi) is 2.80. The fourth-order valence-electron chi connectivity index (χ4n) is 2.23. The fraction of sp³-hybridized carbons (Fsp3) is 0.357. The summed E-state index contributed by atoms with van der Waals surface area (Å²) < 4.78 is 5.72. The molecule has 0 bridgehead atoms. The highest BCUT2D eigenvalue weighted by atomic mass is 16.3. The van der Waals surface area contributed by atoms with Gasteiger partial charge in [-0.25, -0.2) is 4.98 Å². The van der Waals surface area contributed by atoms with Gasteiger partial charge in [0.05, 0.1) is 12.2 Å². The van der Waals surface area contributed by atoms with Crippen molar-refractivity contribution in [3.05, 3.63) is 35.7 Å². The quantitative estimate of drug-likeness (QED) is 0.650. The number of benzene rings is 1. The summed E-state index contributed by atoms with van der Waals surface area (Å²) in [6.07, 6.45) is 3.39. The van der Waals surface area contributed by atoms with Gasteiger partial charge in [-0.2, -0.15) is 0 Å². The van der Waals surface area contributed by atoms with Crippen LogP contribution in [0.15, 0.2) is 34.3 Å². The van der Waals surface area contributed by atoms with Crippen molar-refractivity contribution in [3.63, 3.8) is 0 Å². The zero-order chi connectivity index (χ0) is 12.5. The SMILES string of the molecule is CC1=CCN(Cc2nc3c(N)cccc3o2)CC1. The number of anilines is 1. The molecule has 0 fully saturated rings. The van der Waals surface area contributed by atoms with E-state index in [4.69, 9.17) is 10.2 Å². The maximum absolute atomic E-state index is 5.88. The molecule has 0 unspecified atom stereocenters. The second-order valence-corrected chi connectivity index (χ2v) is 4.84. The van der Waals surface area contributed by atoms with Gasteiger partial charge in [-0.1, -0.05) is 17.7 Å². The number of nitrogens with two attached hydrogens (primary N) is 1. The standard InChI is InChI=1S/C14H17N3O/c1-10-5-7-17(8-6-10)9-13-16-14-11(15)3-2-4-12(14)18-13/h2-5H,6-9,15H2,1H3. The Hall–Kier alpha value is -1.81. The largest absolute Gasteiger partial charge is 0.439 e. The molecule has 2 aromatic rings. The maximum atomic E-state index is 5.88. The third kappa shape index (κ3) is 2.11. The van der Waals surface area contributed by atoms with Crippen LogP contribution in [-0.2, 0) is 6.54 Å².